The summed E-state index contributed by atoms with van der Waals surface area (Å²) in [5.74, 6) is -0.125. The molecule has 3 rings (SSSR count). The minimum atomic E-state index is -0.125. The number of para-hydroxylation sites is 1. The monoisotopic (exact) mass is 344 g/mol. The van der Waals surface area contributed by atoms with Crippen LogP contribution >= 0.6 is 11.3 Å². The smallest absolute Gasteiger partial charge is 0.275 e. The first kappa shape index (κ1) is 16.6. The Hall–Kier alpha value is -2.25. The number of H-pyrrole nitrogens is 1. The van der Waals surface area contributed by atoms with Crippen LogP contribution in [0.25, 0.3) is 10.9 Å². The summed E-state index contributed by atoms with van der Waals surface area (Å²) in [7, 11) is 1.76. The lowest BCUT2D eigenvalue weighted by atomic mass is 10.2. The number of benzene rings is 1. The first-order valence-corrected chi connectivity index (χ1v) is 8.72. The summed E-state index contributed by atoms with van der Waals surface area (Å²) in [5, 5.41) is 10.8. The molecule has 0 radical (unpaired) electrons. The van der Waals surface area contributed by atoms with Crippen LogP contribution in [0, 0.1) is 0 Å². The number of aromatic amines is 1. The van der Waals surface area contributed by atoms with Crippen LogP contribution in [0.5, 0.6) is 0 Å². The number of carbonyl (C=O) groups excluding carboxylic acids is 1. The molecule has 0 aliphatic heterocycles. The van der Waals surface area contributed by atoms with Crippen LogP contribution in [0.2, 0.25) is 0 Å². The van der Waals surface area contributed by atoms with Gasteiger partial charge in [0, 0.05) is 24.4 Å². The topological polar surface area (TPSA) is 71.1 Å². The minimum absolute atomic E-state index is 0.0231. The number of rotatable bonds is 6. The number of fused-ring (bicyclic) bond motifs is 1. The molecule has 126 valence electrons. The van der Waals surface area contributed by atoms with Gasteiger partial charge in [-0.1, -0.05) is 18.2 Å². The van der Waals surface area contributed by atoms with E-state index < -0.39 is 0 Å². The van der Waals surface area contributed by atoms with Crippen LogP contribution in [-0.4, -0.2) is 39.6 Å². The zero-order valence-corrected chi connectivity index (χ0v) is 14.8. The third kappa shape index (κ3) is 3.32. The molecule has 1 unspecified atom stereocenters. The Morgan fingerprint density at radius 1 is 1.42 bits per heavy atom. The molecule has 0 spiro atoms. The quantitative estimate of drug-likeness (QED) is 0.744. The van der Waals surface area contributed by atoms with E-state index in [1.54, 1.807) is 23.3 Å². The van der Waals surface area contributed by atoms with Gasteiger partial charge in [0.15, 0.2) is 5.69 Å². The second kappa shape index (κ2) is 7.11. The standard InChI is InChI=1S/C17H20N4O2S/c1-4-23-11(2)16-18-12(10-24-16)9-21(3)17(22)15-13-7-5-6-8-14(13)19-20-15/h5-8,10-11H,4,9H2,1-3H3,(H,19,20). The Kier molecular flexibility index (Phi) is 4.92. The fraction of sp³-hybridized carbons (Fsp3) is 0.353. The van der Waals surface area contributed by atoms with Gasteiger partial charge in [0.1, 0.15) is 11.1 Å². The molecule has 1 N–H and O–H groups in total. The maximum absolute atomic E-state index is 12.7. The lowest BCUT2D eigenvalue weighted by molar-refractivity contribution is 0.0755. The first-order valence-electron chi connectivity index (χ1n) is 7.84. The van der Waals surface area contributed by atoms with Gasteiger partial charge in [-0.05, 0) is 19.9 Å². The lowest BCUT2D eigenvalue weighted by Crippen LogP contribution is -2.26. The summed E-state index contributed by atoms with van der Waals surface area (Å²) in [5.41, 5.74) is 2.15. The maximum atomic E-state index is 12.7. The summed E-state index contributed by atoms with van der Waals surface area (Å²) in [6, 6.07) is 7.61. The molecule has 0 fully saturated rings. The van der Waals surface area contributed by atoms with Gasteiger partial charge in [0.2, 0.25) is 0 Å². The van der Waals surface area contributed by atoms with Crippen LogP contribution in [0.4, 0.5) is 0 Å². The molecule has 24 heavy (non-hydrogen) atoms. The maximum Gasteiger partial charge on any atom is 0.275 e. The van der Waals surface area contributed by atoms with Gasteiger partial charge < -0.3 is 9.64 Å². The van der Waals surface area contributed by atoms with Crippen LogP contribution in [0.1, 0.15) is 41.1 Å². The van der Waals surface area contributed by atoms with Gasteiger partial charge in [-0.15, -0.1) is 11.3 Å². The second-order valence-corrected chi connectivity index (χ2v) is 6.44. The van der Waals surface area contributed by atoms with Gasteiger partial charge in [-0.3, -0.25) is 9.89 Å². The van der Waals surface area contributed by atoms with Crippen molar-refractivity contribution < 1.29 is 9.53 Å². The Balaban J connectivity index is 1.73. The second-order valence-electron chi connectivity index (χ2n) is 5.55. The minimum Gasteiger partial charge on any atom is -0.372 e. The number of ether oxygens (including phenoxy) is 1. The highest BCUT2D eigenvalue weighted by molar-refractivity contribution is 7.09. The van der Waals surface area contributed by atoms with Crippen molar-refractivity contribution in [3.63, 3.8) is 0 Å². The molecule has 1 atom stereocenters. The number of nitrogens with one attached hydrogen (secondary N) is 1. The Morgan fingerprint density at radius 2 is 2.21 bits per heavy atom. The molecular formula is C17H20N4O2S. The number of thiazole rings is 1. The first-order chi connectivity index (χ1) is 11.6. The van der Waals surface area contributed by atoms with Crippen LogP contribution in [0.3, 0.4) is 0 Å². The predicted octanol–water partition coefficient (Wildman–Crippen LogP) is 3.39. The number of hydrogen-bond donors (Lipinski definition) is 1. The van der Waals surface area contributed by atoms with E-state index in [1.807, 2.05) is 43.5 Å². The van der Waals surface area contributed by atoms with E-state index in [4.69, 9.17) is 4.74 Å². The van der Waals surface area contributed by atoms with E-state index in [-0.39, 0.29) is 12.0 Å². The van der Waals surface area contributed by atoms with Crippen molar-refractivity contribution in [1.29, 1.82) is 0 Å². The van der Waals surface area contributed by atoms with Crippen molar-refractivity contribution in [2.75, 3.05) is 13.7 Å². The predicted molar refractivity (Wildman–Crippen MR) is 94.0 cm³/mol. The molecule has 1 aromatic carbocycles. The Morgan fingerprint density at radius 3 is 3.00 bits per heavy atom. The third-order valence-electron chi connectivity index (χ3n) is 3.75. The summed E-state index contributed by atoms with van der Waals surface area (Å²) < 4.78 is 5.55. The largest absolute Gasteiger partial charge is 0.372 e. The van der Waals surface area contributed by atoms with Crippen molar-refractivity contribution in [3.8, 4) is 0 Å². The molecule has 0 aliphatic rings. The van der Waals surface area contributed by atoms with E-state index >= 15 is 0 Å². The zero-order chi connectivity index (χ0) is 17.1. The molecule has 0 aliphatic carbocycles. The van der Waals surface area contributed by atoms with Gasteiger partial charge in [-0.2, -0.15) is 5.10 Å². The molecule has 7 heteroatoms. The van der Waals surface area contributed by atoms with Gasteiger partial charge >= 0.3 is 0 Å². The van der Waals surface area contributed by atoms with Crippen LogP contribution < -0.4 is 0 Å². The number of hydrogen-bond acceptors (Lipinski definition) is 5. The van der Waals surface area contributed by atoms with Crippen molar-refractivity contribution in [1.82, 2.24) is 20.1 Å². The summed E-state index contributed by atoms with van der Waals surface area (Å²) in [6.45, 7) is 5.04. The van der Waals surface area contributed by atoms with Gasteiger partial charge in [-0.25, -0.2) is 4.98 Å². The van der Waals surface area contributed by atoms with E-state index in [1.165, 1.54) is 0 Å². The zero-order valence-electron chi connectivity index (χ0n) is 13.9. The number of nitrogens with zero attached hydrogens (tertiary/aromatic N) is 3. The highest BCUT2D eigenvalue weighted by Crippen LogP contribution is 2.22. The van der Waals surface area contributed by atoms with Crippen molar-refractivity contribution in [3.05, 3.63) is 46.0 Å². The Labute approximate surface area is 144 Å². The molecular weight excluding hydrogens is 324 g/mol. The molecule has 2 heterocycles. The van der Waals surface area contributed by atoms with Gasteiger partial charge in [0.25, 0.3) is 5.91 Å². The van der Waals surface area contributed by atoms with Crippen molar-refractivity contribution in [2.45, 2.75) is 26.5 Å². The fourth-order valence-electron chi connectivity index (χ4n) is 2.53. The van der Waals surface area contributed by atoms with E-state index in [0.717, 1.165) is 21.6 Å². The number of carbonyl (C=O) groups is 1. The van der Waals surface area contributed by atoms with Crippen molar-refractivity contribution >= 4 is 28.1 Å². The number of aromatic nitrogens is 3. The van der Waals surface area contributed by atoms with E-state index in [0.29, 0.717) is 18.8 Å². The lowest BCUT2D eigenvalue weighted by Gasteiger charge is -2.14. The van der Waals surface area contributed by atoms with Crippen LogP contribution in [-0.2, 0) is 11.3 Å². The molecule has 2 aromatic heterocycles. The average Bonchev–Trinajstić information content (AvgIpc) is 3.21. The van der Waals surface area contributed by atoms with Gasteiger partial charge in [0.05, 0.1) is 17.8 Å². The van der Waals surface area contributed by atoms with Crippen LogP contribution in [0.15, 0.2) is 29.6 Å². The van der Waals surface area contributed by atoms with E-state index in [9.17, 15) is 4.79 Å². The third-order valence-corrected chi connectivity index (χ3v) is 4.81. The molecule has 0 saturated carbocycles. The summed E-state index contributed by atoms with van der Waals surface area (Å²) in [6.07, 6.45) is -0.0231. The molecule has 3 aromatic rings. The Bertz CT molecular complexity index is 842. The molecule has 0 saturated heterocycles. The SMILES string of the molecule is CCOC(C)c1nc(CN(C)C(=O)c2n[nH]c3ccccc23)cs1. The number of amides is 1. The highest BCUT2D eigenvalue weighted by atomic mass is 32.1. The average molecular weight is 344 g/mol. The fourth-order valence-corrected chi connectivity index (χ4v) is 3.34. The van der Waals surface area contributed by atoms with E-state index in [2.05, 4.69) is 15.2 Å². The summed E-state index contributed by atoms with van der Waals surface area (Å²) in [4.78, 5) is 18.9. The molecule has 0 bridgehead atoms. The highest BCUT2D eigenvalue weighted by Gasteiger charge is 2.19. The molecule has 1 amide bonds. The van der Waals surface area contributed by atoms with Crippen molar-refractivity contribution in [2.24, 2.45) is 0 Å². The molecule has 6 nitrogen and oxygen atoms in total. The normalized spacial score (nSPS) is 12.5. The summed E-state index contributed by atoms with van der Waals surface area (Å²) >= 11 is 1.56.